The van der Waals surface area contributed by atoms with Gasteiger partial charge in [0.05, 0.1) is 12.3 Å². The molecule has 114 valence electrons. The standard InChI is InChI=1S/C16H17N3O3/c1-3-21-15(20)14-11(7-9-18-14)16(2)10-13(19-22-16)12-6-4-5-8-17-12/h4-9,18H,3,10H2,1-2H3. The van der Waals surface area contributed by atoms with Gasteiger partial charge in [-0.25, -0.2) is 4.79 Å². The van der Waals surface area contributed by atoms with Gasteiger partial charge in [0.25, 0.3) is 0 Å². The van der Waals surface area contributed by atoms with Gasteiger partial charge >= 0.3 is 5.97 Å². The maximum Gasteiger partial charge on any atom is 0.355 e. The van der Waals surface area contributed by atoms with Crippen LogP contribution in [-0.4, -0.2) is 28.3 Å². The molecule has 3 heterocycles. The summed E-state index contributed by atoms with van der Waals surface area (Å²) < 4.78 is 5.07. The highest BCUT2D eigenvalue weighted by Gasteiger charge is 2.40. The molecule has 6 heteroatoms. The second-order valence-electron chi connectivity index (χ2n) is 5.24. The third-order valence-corrected chi connectivity index (χ3v) is 3.62. The summed E-state index contributed by atoms with van der Waals surface area (Å²) in [6.45, 7) is 4.00. The van der Waals surface area contributed by atoms with Crippen LogP contribution in [-0.2, 0) is 15.2 Å². The highest BCUT2D eigenvalue weighted by Crippen LogP contribution is 2.37. The van der Waals surface area contributed by atoms with E-state index in [1.54, 1.807) is 19.3 Å². The summed E-state index contributed by atoms with van der Waals surface area (Å²) in [7, 11) is 0. The van der Waals surface area contributed by atoms with Gasteiger partial charge < -0.3 is 14.6 Å². The van der Waals surface area contributed by atoms with E-state index < -0.39 is 11.6 Å². The van der Waals surface area contributed by atoms with Crippen molar-refractivity contribution in [2.75, 3.05) is 6.61 Å². The van der Waals surface area contributed by atoms with Gasteiger partial charge in [-0.15, -0.1) is 0 Å². The summed E-state index contributed by atoms with van der Waals surface area (Å²) >= 11 is 0. The molecular formula is C16H17N3O3. The molecular weight excluding hydrogens is 282 g/mol. The van der Waals surface area contributed by atoms with Crippen LogP contribution in [0.4, 0.5) is 0 Å². The fraction of sp³-hybridized carbons (Fsp3) is 0.312. The number of rotatable bonds is 4. The Bertz CT molecular complexity index is 708. The van der Waals surface area contributed by atoms with Crippen LogP contribution in [0, 0.1) is 0 Å². The van der Waals surface area contributed by atoms with Crippen molar-refractivity contribution in [1.29, 1.82) is 0 Å². The lowest BCUT2D eigenvalue weighted by Crippen LogP contribution is -2.25. The fourth-order valence-corrected chi connectivity index (χ4v) is 2.54. The highest BCUT2D eigenvalue weighted by molar-refractivity contribution is 6.00. The second-order valence-corrected chi connectivity index (χ2v) is 5.24. The number of H-pyrrole nitrogens is 1. The van der Waals surface area contributed by atoms with Crippen LogP contribution in [0.2, 0.25) is 0 Å². The summed E-state index contributed by atoms with van der Waals surface area (Å²) in [6, 6.07) is 7.46. The quantitative estimate of drug-likeness (QED) is 0.880. The Hall–Kier alpha value is -2.63. The first-order chi connectivity index (χ1) is 10.6. The molecule has 2 aromatic rings. The van der Waals surface area contributed by atoms with Crippen LogP contribution in [0.3, 0.4) is 0 Å². The lowest BCUT2D eigenvalue weighted by molar-refractivity contribution is -0.00870. The Balaban J connectivity index is 1.85. The topological polar surface area (TPSA) is 76.6 Å². The number of hydrogen-bond donors (Lipinski definition) is 1. The van der Waals surface area contributed by atoms with Crippen molar-refractivity contribution in [2.24, 2.45) is 5.16 Å². The summed E-state index contributed by atoms with van der Waals surface area (Å²) in [5.74, 6) is -0.390. The van der Waals surface area contributed by atoms with E-state index >= 15 is 0 Å². The minimum Gasteiger partial charge on any atom is -0.461 e. The number of aromatic amines is 1. The molecule has 1 atom stereocenters. The third kappa shape index (κ3) is 2.47. The minimum absolute atomic E-state index is 0.324. The molecule has 0 bridgehead atoms. The molecule has 0 saturated carbocycles. The number of aromatic nitrogens is 2. The number of carbonyl (C=O) groups excluding carboxylic acids is 1. The molecule has 2 aromatic heterocycles. The van der Waals surface area contributed by atoms with Gasteiger partial charge in [-0.05, 0) is 32.0 Å². The molecule has 0 radical (unpaired) electrons. The Kier molecular flexibility index (Phi) is 3.66. The van der Waals surface area contributed by atoms with E-state index in [2.05, 4.69) is 15.1 Å². The van der Waals surface area contributed by atoms with Crippen molar-refractivity contribution in [1.82, 2.24) is 9.97 Å². The number of hydrogen-bond acceptors (Lipinski definition) is 5. The molecule has 0 fully saturated rings. The van der Waals surface area contributed by atoms with Gasteiger partial charge in [0.2, 0.25) is 0 Å². The molecule has 1 unspecified atom stereocenters. The highest BCUT2D eigenvalue weighted by atomic mass is 16.7. The first kappa shape index (κ1) is 14.3. The molecule has 6 nitrogen and oxygen atoms in total. The molecule has 22 heavy (non-hydrogen) atoms. The number of pyridine rings is 1. The van der Waals surface area contributed by atoms with Crippen LogP contribution < -0.4 is 0 Å². The Morgan fingerprint density at radius 3 is 3.05 bits per heavy atom. The Morgan fingerprint density at radius 2 is 2.32 bits per heavy atom. The molecule has 3 rings (SSSR count). The van der Waals surface area contributed by atoms with Crippen molar-refractivity contribution in [3.63, 3.8) is 0 Å². The molecule has 1 aliphatic heterocycles. The van der Waals surface area contributed by atoms with Crippen LogP contribution in [0.25, 0.3) is 0 Å². The first-order valence-electron chi connectivity index (χ1n) is 7.15. The maximum absolute atomic E-state index is 12.0. The van der Waals surface area contributed by atoms with Crippen molar-refractivity contribution < 1.29 is 14.4 Å². The molecule has 0 spiro atoms. The van der Waals surface area contributed by atoms with Gasteiger partial charge in [-0.1, -0.05) is 11.2 Å². The monoisotopic (exact) mass is 299 g/mol. The zero-order chi connectivity index (χ0) is 15.6. The first-order valence-corrected chi connectivity index (χ1v) is 7.15. The van der Waals surface area contributed by atoms with Gasteiger partial charge in [-0.3, -0.25) is 4.98 Å². The maximum atomic E-state index is 12.0. The average Bonchev–Trinajstić information content (AvgIpc) is 3.16. The Labute approximate surface area is 128 Å². The van der Waals surface area contributed by atoms with E-state index in [9.17, 15) is 4.79 Å². The molecule has 1 N–H and O–H groups in total. The SMILES string of the molecule is CCOC(=O)c1[nH]ccc1C1(C)CC(c2ccccn2)=NO1. The summed E-state index contributed by atoms with van der Waals surface area (Å²) in [5.41, 5.74) is 1.97. The van der Waals surface area contributed by atoms with Crippen molar-refractivity contribution in [3.05, 3.63) is 53.6 Å². The van der Waals surface area contributed by atoms with E-state index in [0.29, 0.717) is 18.7 Å². The van der Waals surface area contributed by atoms with Crippen LogP contribution in [0.5, 0.6) is 0 Å². The number of nitrogens with zero attached hydrogens (tertiary/aromatic N) is 2. The third-order valence-electron chi connectivity index (χ3n) is 3.62. The fourth-order valence-electron chi connectivity index (χ4n) is 2.54. The zero-order valence-electron chi connectivity index (χ0n) is 12.5. The smallest absolute Gasteiger partial charge is 0.355 e. The summed E-state index contributed by atoms with van der Waals surface area (Å²) in [4.78, 5) is 24.9. The van der Waals surface area contributed by atoms with E-state index in [-0.39, 0.29) is 0 Å². The zero-order valence-corrected chi connectivity index (χ0v) is 12.5. The van der Waals surface area contributed by atoms with E-state index in [1.807, 2.05) is 31.2 Å². The summed E-state index contributed by atoms with van der Waals surface area (Å²) in [5, 5.41) is 4.15. The molecule has 0 aliphatic carbocycles. The predicted octanol–water partition coefficient (Wildman–Crippen LogP) is 2.63. The number of ether oxygens (including phenoxy) is 1. The summed E-state index contributed by atoms with van der Waals surface area (Å²) in [6.07, 6.45) is 3.96. The molecule has 0 amide bonds. The van der Waals surface area contributed by atoms with Gasteiger partial charge in [-0.2, -0.15) is 0 Å². The number of esters is 1. The van der Waals surface area contributed by atoms with E-state index in [0.717, 1.165) is 17.0 Å². The van der Waals surface area contributed by atoms with Gasteiger partial charge in [0, 0.05) is 24.4 Å². The normalized spacial score (nSPS) is 20.4. The lowest BCUT2D eigenvalue weighted by Gasteiger charge is -2.21. The minimum atomic E-state index is -0.713. The Morgan fingerprint density at radius 1 is 1.45 bits per heavy atom. The van der Waals surface area contributed by atoms with Crippen LogP contribution in [0.15, 0.2) is 41.8 Å². The largest absolute Gasteiger partial charge is 0.461 e. The van der Waals surface area contributed by atoms with Crippen molar-refractivity contribution >= 4 is 11.7 Å². The van der Waals surface area contributed by atoms with Crippen molar-refractivity contribution in [2.45, 2.75) is 25.9 Å². The van der Waals surface area contributed by atoms with E-state index in [4.69, 9.17) is 9.57 Å². The second kappa shape index (κ2) is 5.63. The molecule has 0 saturated heterocycles. The average molecular weight is 299 g/mol. The molecule has 0 aromatic carbocycles. The molecule has 1 aliphatic rings. The number of oxime groups is 1. The van der Waals surface area contributed by atoms with E-state index in [1.165, 1.54) is 0 Å². The number of carbonyl (C=O) groups is 1. The van der Waals surface area contributed by atoms with Gasteiger partial charge in [0.15, 0.2) is 5.60 Å². The van der Waals surface area contributed by atoms with Crippen molar-refractivity contribution in [3.8, 4) is 0 Å². The van der Waals surface area contributed by atoms with Gasteiger partial charge in [0.1, 0.15) is 11.4 Å². The lowest BCUT2D eigenvalue weighted by atomic mass is 9.90. The predicted molar refractivity (Wildman–Crippen MR) is 80.6 cm³/mol. The van der Waals surface area contributed by atoms with Crippen LogP contribution >= 0.6 is 0 Å². The number of nitrogens with one attached hydrogen (secondary N) is 1. The van der Waals surface area contributed by atoms with Crippen LogP contribution in [0.1, 0.15) is 42.0 Å².